The van der Waals surface area contributed by atoms with Crippen molar-refractivity contribution in [1.82, 2.24) is 0 Å². The molecule has 0 aliphatic rings. The third-order valence-electron chi connectivity index (χ3n) is 2.84. The van der Waals surface area contributed by atoms with Crippen LogP contribution in [0, 0.1) is 5.82 Å². The first-order chi connectivity index (χ1) is 9.52. The van der Waals surface area contributed by atoms with E-state index in [9.17, 15) is 4.39 Å². The maximum atomic E-state index is 13.5. The second-order valence-electron chi connectivity index (χ2n) is 4.13. The van der Waals surface area contributed by atoms with Gasteiger partial charge in [0.2, 0.25) is 0 Å². The molecule has 0 radical (unpaired) electrons. The number of halogens is 3. The molecule has 0 fully saturated rings. The summed E-state index contributed by atoms with van der Waals surface area (Å²) < 4.78 is 19.1. The van der Waals surface area contributed by atoms with Crippen LogP contribution in [0.3, 0.4) is 0 Å². The number of anilines is 2. The zero-order valence-corrected chi connectivity index (χ0v) is 13.1. The second-order valence-corrected chi connectivity index (χ2v) is 5.39. The molecule has 3 N–H and O–H groups in total. The molecule has 0 unspecified atom stereocenters. The Labute approximate surface area is 130 Å². The monoisotopic (exact) mass is 358 g/mol. The molecule has 0 aromatic heterocycles. The molecule has 106 valence electrons. The van der Waals surface area contributed by atoms with Gasteiger partial charge in [-0.05, 0) is 34.1 Å². The number of benzene rings is 2. The van der Waals surface area contributed by atoms with Gasteiger partial charge in [0.15, 0.2) is 0 Å². The molecule has 0 saturated carbocycles. The van der Waals surface area contributed by atoms with Gasteiger partial charge in [-0.2, -0.15) is 0 Å². The summed E-state index contributed by atoms with van der Waals surface area (Å²) in [4.78, 5) is 0. The van der Waals surface area contributed by atoms with E-state index < -0.39 is 0 Å². The number of nitrogen functional groups attached to an aromatic ring is 1. The SMILES string of the molecule is COc1cccc(Cl)c1CNc1cc(F)c(Br)cc1N. The lowest BCUT2D eigenvalue weighted by molar-refractivity contribution is 0.410. The number of hydrogen-bond donors (Lipinski definition) is 2. The predicted octanol–water partition coefficient (Wildman–Crippen LogP) is 4.44. The average Bonchev–Trinajstić information content (AvgIpc) is 2.42. The van der Waals surface area contributed by atoms with E-state index in [4.69, 9.17) is 22.1 Å². The van der Waals surface area contributed by atoms with E-state index >= 15 is 0 Å². The minimum Gasteiger partial charge on any atom is -0.496 e. The molecule has 0 atom stereocenters. The highest BCUT2D eigenvalue weighted by atomic mass is 79.9. The van der Waals surface area contributed by atoms with Crippen molar-refractivity contribution in [2.45, 2.75) is 6.54 Å². The number of methoxy groups -OCH3 is 1. The highest BCUT2D eigenvalue weighted by Crippen LogP contribution is 2.30. The van der Waals surface area contributed by atoms with E-state index in [1.165, 1.54) is 12.1 Å². The van der Waals surface area contributed by atoms with Crippen LogP contribution in [0.2, 0.25) is 5.02 Å². The molecule has 2 aromatic rings. The topological polar surface area (TPSA) is 47.3 Å². The number of nitrogens with two attached hydrogens (primary N) is 1. The third kappa shape index (κ3) is 3.16. The van der Waals surface area contributed by atoms with Crippen molar-refractivity contribution in [2.24, 2.45) is 0 Å². The smallest absolute Gasteiger partial charge is 0.139 e. The summed E-state index contributed by atoms with van der Waals surface area (Å²) in [7, 11) is 1.57. The lowest BCUT2D eigenvalue weighted by atomic mass is 10.2. The first-order valence-electron chi connectivity index (χ1n) is 5.82. The molecule has 0 saturated heterocycles. The van der Waals surface area contributed by atoms with Gasteiger partial charge < -0.3 is 15.8 Å². The van der Waals surface area contributed by atoms with Crippen LogP contribution in [0.5, 0.6) is 5.75 Å². The zero-order chi connectivity index (χ0) is 14.7. The van der Waals surface area contributed by atoms with Crippen LogP contribution in [0.15, 0.2) is 34.8 Å². The maximum Gasteiger partial charge on any atom is 0.139 e. The van der Waals surface area contributed by atoms with Crippen molar-refractivity contribution < 1.29 is 9.13 Å². The molecule has 0 bridgehead atoms. The van der Waals surface area contributed by atoms with Gasteiger partial charge in [-0.25, -0.2) is 4.39 Å². The van der Waals surface area contributed by atoms with E-state index in [0.717, 1.165) is 5.56 Å². The summed E-state index contributed by atoms with van der Waals surface area (Å²) in [6.45, 7) is 0.383. The summed E-state index contributed by atoms with van der Waals surface area (Å²) in [5.41, 5.74) is 7.59. The third-order valence-corrected chi connectivity index (χ3v) is 3.81. The fraction of sp³-hybridized carbons (Fsp3) is 0.143. The zero-order valence-electron chi connectivity index (χ0n) is 10.7. The Morgan fingerprint density at radius 1 is 1.40 bits per heavy atom. The molecule has 2 rings (SSSR count). The van der Waals surface area contributed by atoms with Gasteiger partial charge in [0.05, 0.1) is 23.0 Å². The molecular formula is C14H13BrClFN2O. The predicted molar refractivity (Wildman–Crippen MR) is 83.8 cm³/mol. The van der Waals surface area contributed by atoms with Crippen LogP contribution < -0.4 is 15.8 Å². The van der Waals surface area contributed by atoms with Gasteiger partial charge in [-0.15, -0.1) is 0 Å². The van der Waals surface area contributed by atoms with Gasteiger partial charge in [-0.1, -0.05) is 17.7 Å². The van der Waals surface area contributed by atoms with Crippen molar-refractivity contribution >= 4 is 38.9 Å². The Morgan fingerprint density at radius 3 is 2.85 bits per heavy atom. The Kier molecular flexibility index (Phi) is 4.73. The first kappa shape index (κ1) is 14.9. The van der Waals surface area contributed by atoms with Crippen LogP contribution in [-0.4, -0.2) is 7.11 Å². The van der Waals surface area contributed by atoms with Crippen LogP contribution in [-0.2, 0) is 6.54 Å². The van der Waals surface area contributed by atoms with E-state index in [2.05, 4.69) is 21.2 Å². The van der Waals surface area contributed by atoms with Crippen LogP contribution in [0.25, 0.3) is 0 Å². The maximum absolute atomic E-state index is 13.5. The highest BCUT2D eigenvalue weighted by Gasteiger charge is 2.10. The van der Waals surface area contributed by atoms with Crippen molar-refractivity contribution in [3.05, 3.63) is 51.2 Å². The highest BCUT2D eigenvalue weighted by molar-refractivity contribution is 9.10. The number of rotatable bonds is 4. The fourth-order valence-corrected chi connectivity index (χ4v) is 2.39. The van der Waals surface area contributed by atoms with E-state index in [-0.39, 0.29) is 5.82 Å². The van der Waals surface area contributed by atoms with E-state index in [0.29, 0.717) is 33.2 Å². The standard InChI is InChI=1S/C14H13BrClFN2O/c1-20-14-4-2-3-10(16)8(14)7-19-13-6-11(17)9(15)5-12(13)18/h2-6,19H,7,18H2,1H3. The van der Waals surface area contributed by atoms with Gasteiger partial charge in [0.25, 0.3) is 0 Å². The summed E-state index contributed by atoms with van der Waals surface area (Å²) in [5.74, 6) is 0.286. The molecule has 0 heterocycles. The fourth-order valence-electron chi connectivity index (χ4n) is 1.80. The molecule has 0 amide bonds. The first-order valence-corrected chi connectivity index (χ1v) is 6.99. The minimum atomic E-state index is -0.382. The summed E-state index contributed by atoms with van der Waals surface area (Å²) >= 11 is 9.22. The number of nitrogens with one attached hydrogen (secondary N) is 1. The molecule has 20 heavy (non-hydrogen) atoms. The Hall–Kier alpha value is -1.46. The van der Waals surface area contributed by atoms with Crippen molar-refractivity contribution in [3.63, 3.8) is 0 Å². The van der Waals surface area contributed by atoms with Crippen LogP contribution in [0.4, 0.5) is 15.8 Å². The Morgan fingerprint density at radius 2 is 2.15 bits per heavy atom. The number of hydrogen-bond acceptors (Lipinski definition) is 3. The van der Waals surface area contributed by atoms with E-state index in [1.54, 1.807) is 19.2 Å². The van der Waals surface area contributed by atoms with Gasteiger partial charge >= 0.3 is 0 Å². The largest absolute Gasteiger partial charge is 0.496 e. The summed E-state index contributed by atoms with van der Waals surface area (Å²) in [5, 5.41) is 3.64. The van der Waals surface area contributed by atoms with Crippen molar-refractivity contribution in [3.8, 4) is 5.75 Å². The van der Waals surface area contributed by atoms with Gasteiger partial charge in [0.1, 0.15) is 11.6 Å². The Bertz CT molecular complexity index is 637. The van der Waals surface area contributed by atoms with Gasteiger partial charge in [-0.3, -0.25) is 0 Å². The molecule has 0 aliphatic heterocycles. The van der Waals surface area contributed by atoms with E-state index in [1.807, 2.05) is 6.07 Å². The normalized spacial score (nSPS) is 10.4. The molecule has 3 nitrogen and oxygen atoms in total. The quantitative estimate of drug-likeness (QED) is 0.793. The molecule has 6 heteroatoms. The lowest BCUT2D eigenvalue weighted by Gasteiger charge is -2.14. The second kappa shape index (κ2) is 6.33. The summed E-state index contributed by atoms with van der Waals surface area (Å²) in [6.07, 6.45) is 0. The van der Waals surface area contributed by atoms with Crippen molar-refractivity contribution in [1.29, 1.82) is 0 Å². The average molecular weight is 360 g/mol. The van der Waals surface area contributed by atoms with Crippen LogP contribution >= 0.6 is 27.5 Å². The molecule has 2 aromatic carbocycles. The van der Waals surface area contributed by atoms with Crippen LogP contribution in [0.1, 0.15) is 5.56 Å². The number of ether oxygens (including phenoxy) is 1. The van der Waals surface area contributed by atoms with Crippen molar-refractivity contribution in [2.75, 3.05) is 18.2 Å². The molecule has 0 aliphatic carbocycles. The Balaban J connectivity index is 2.23. The van der Waals surface area contributed by atoms with Gasteiger partial charge in [0, 0.05) is 23.2 Å². The minimum absolute atomic E-state index is 0.330. The summed E-state index contributed by atoms with van der Waals surface area (Å²) in [6, 6.07) is 8.24. The lowest BCUT2D eigenvalue weighted by Crippen LogP contribution is -2.05. The molecule has 0 spiro atoms. The molecular weight excluding hydrogens is 347 g/mol.